The highest BCUT2D eigenvalue weighted by molar-refractivity contribution is 7.99. The van der Waals surface area contributed by atoms with Gasteiger partial charge >= 0.3 is 0 Å². The van der Waals surface area contributed by atoms with Crippen molar-refractivity contribution >= 4 is 22.7 Å². The summed E-state index contributed by atoms with van der Waals surface area (Å²) in [5, 5.41) is 20.3. The van der Waals surface area contributed by atoms with Gasteiger partial charge in [0.2, 0.25) is 0 Å². The summed E-state index contributed by atoms with van der Waals surface area (Å²) in [5.74, 6) is 0. The standard InChI is InChI=1S/C14H14N2OS/c1-9(17)10(2)18-14-12(8-15)7-11-5-3-4-6-13(11)16-14/h3-7,9-10,17H,1-2H3. The fraction of sp³-hybridized carbons (Fsp3) is 0.286. The normalized spacial score (nSPS) is 14.1. The Balaban J connectivity index is 2.46. The molecule has 0 aliphatic heterocycles. The predicted octanol–water partition coefficient (Wildman–Crippen LogP) is 2.97. The number of aromatic nitrogens is 1. The van der Waals surface area contributed by atoms with Crippen LogP contribution in [-0.4, -0.2) is 21.4 Å². The Bertz CT molecular complexity index is 604. The lowest BCUT2D eigenvalue weighted by Gasteiger charge is -2.14. The Labute approximate surface area is 110 Å². The van der Waals surface area contributed by atoms with Crippen LogP contribution in [0.25, 0.3) is 10.9 Å². The molecule has 0 fully saturated rings. The first-order valence-corrected chi connectivity index (χ1v) is 6.64. The highest BCUT2D eigenvalue weighted by Gasteiger charge is 2.15. The highest BCUT2D eigenvalue weighted by atomic mass is 32.2. The molecule has 2 atom stereocenters. The average molecular weight is 258 g/mol. The third kappa shape index (κ3) is 2.63. The summed E-state index contributed by atoms with van der Waals surface area (Å²) in [4.78, 5) is 4.50. The van der Waals surface area contributed by atoms with Crippen LogP contribution in [0.15, 0.2) is 35.4 Å². The maximum absolute atomic E-state index is 9.53. The topological polar surface area (TPSA) is 56.9 Å². The average Bonchev–Trinajstić information content (AvgIpc) is 2.37. The van der Waals surface area contributed by atoms with Crippen LogP contribution in [-0.2, 0) is 0 Å². The zero-order valence-electron chi connectivity index (χ0n) is 10.3. The molecule has 0 bridgehead atoms. The van der Waals surface area contributed by atoms with E-state index in [0.29, 0.717) is 10.6 Å². The van der Waals surface area contributed by atoms with E-state index in [0.717, 1.165) is 10.9 Å². The number of nitrogens with zero attached hydrogens (tertiary/aromatic N) is 2. The van der Waals surface area contributed by atoms with Crippen LogP contribution in [0.1, 0.15) is 19.4 Å². The summed E-state index contributed by atoms with van der Waals surface area (Å²) in [6.07, 6.45) is -0.435. The first-order valence-electron chi connectivity index (χ1n) is 5.76. The molecule has 0 radical (unpaired) electrons. The van der Waals surface area contributed by atoms with Crippen molar-refractivity contribution in [2.75, 3.05) is 0 Å². The van der Waals surface area contributed by atoms with Crippen LogP contribution in [0.4, 0.5) is 0 Å². The molecule has 3 nitrogen and oxygen atoms in total. The molecule has 0 saturated heterocycles. The molecule has 1 aromatic carbocycles. The fourth-order valence-electron chi connectivity index (χ4n) is 1.54. The fourth-order valence-corrected chi connectivity index (χ4v) is 2.47. The molecule has 2 rings (SSSR count). The molecule has 2 unspecified atom stereocenters. The summed E-state index contributed by atoms with van der Waals surface area (Å²) in [7, 11) is 0. The SMILES string of the molecule is CC(O)C(C)Sc1nc2ccccc2cc1C#N. The van der Waals surface area contributed by atoms with Crippen molar-refractivity contribution in [3.05, 3.63) is 35.9 Å². The minimum absolute atomic E-state index is 0.00534. The van der Waals surface area contributed by atoms with E-state index < -0.39 is 6.10 Å². The second kappa shape index (κ2) is 5.38. The Morgan fingerprint density at radius 2 is 2.06 bits per heavy atom. The number of pyridine rings is 1. The summed E-state index contributed by atoms with van der Waals surface area (Å²) < 4.78 is 0. The summed E-state index contributed by atoms with van der Waals surface area (Å²) >= 11 is 1.43. The Kier molecular flexibility index (Phi) is 3.85. The Morgan fingerprint density at radius 3 is 2.72 bits per heavy atom. The van der Waals surface area contributed by atoms with Gasteiger partial charge in [-0.1, -0.05) is 36.9 Å². The van der Waals surface area contributed by atoms with E-state index in [1.807, 2.05) is 37.3 Å². The van der Waals surface area contributed by atoms with E-state index in [2.05, 4.69) is 11.1 Å². The lowest BCUT2D eigenvalue weighted by atomic mass is 10.2. The number of para-hydroxylation sites is 1. The zero-order valence-corrected chi connectivity index (χ0v) is 11.1. The molecular weight excluding hydrogens is 244 g/mol. The number of hydrogen-bond donors (Lipinski definition) is 1. The van der Waals surface area contributed by atoms with Gasteiger partial charge in [-0.15, -0.1) is 0 Å². The number of hydrogen-bond acceptors (Lipinski definition) is 4. The van der Waals surface area contributed by atoms with Crippen molar-refractivity contribution in [1.82, 2.24) is 4.98 Å². The van der Waals surface area contributed by atoms with Gasteiger partial charge in [0.1, 0.15) is 11.1 Å². The number of aliphatic hydroxyl groups excluding tert-OH is 1. The van der Waals surface area contributed by atoms with Gasteiger partial charge in [-0.3, -0.25) is 0 Å². The Morgan fingerprint density at radius 1 is 1.33 bits per heavy atom. The van der Waals surface area contributed by atoms with Crippen molar-refractivity contribution in [2.45, 2.75) is 30.2 Å². The van der Waals surface area contributed by atoms with Crippen molar-refractivity contribution in [3.63, 3.8) is 0 Å². The number of rotatable bonds is 3. The van der Waals surface area contributed by atoms with Crippen molar-refractivity contribution < 1.29 is 5.11 Å². The van der Waals surface area contributed by atoms with Crippen LogP contribution < -0.4 is 0 Å². The van der Waals surface area contributed by atoms with Gasteiger partial charge < -0.3 is 5.11 Å². The smallest absolute Gasteiger partial charge is 0.115 e. The summed E-state index contributed by atoms with van der Waals surface area (Å²) in [6, 6.07) is 11.7. The maximum atomic E-state index is 9.53. The number of nitriles is 1. The second-order valence-electron chi connectivity index (χ2n) is 4.21. The van der Waals surface area contributed by atoms with Crippen LogP contribution in [0.2, 0.25) is 0 Å². The molecule has 0 amide bonds. The van der Waals surface area contributed by atoms with Crippen LogP contribution in [0.3, 0.4) is 0 Å². The summed E-state index contributed by atoms with van der Waals surface area (Å²) in [5.41, 5.74) is 1.43. The summed E-state index contributed by atoms with van der Waals surface area (Å²) in [6.45, 7) is 3.66. The third-order valence-corrected chi connectivity index (χ3v) is 4.09. The largest absolute Gasteiger partial charge is 0.392 e. The minimum atomic E-state index is -0.435. The molecule has 0 aliphatic rings. The van der Waals surface area contributed by atoms with Gasteiger partial charge in [0.05, 0.1) is 17.2 Å². The molecule has 18 heavy (non-hydrogen) atoms. The predicted molar refractivity (Wildman–Crippen MR) is 73.5 cm³/mol. The number of aliphatic hydroxyl groups is 1. The molecule has 92 valence electrons. The lowest BCUT2D eigenvalue weighted by Crippen LogP contribution is -2.15. The molecule has 1 aromatic heterocycles. The molecule has 0 aliphatic carbocycles. The number of benzene rings is 1. The van der Waals surface area contributed by atoms with Gasteiger partial charge in [-0.2, -0.15) is 5.26 Å². The van der Waals surface area contributed by atoms with Crippen LogP contribution in [0.5, 0.6) is 0 Å². The van der Waals surface area contributed by atoms with Gasteiger partial charge in [0, 0.05) is 10.6 Å². The van der Waals surface area contributed by atoms with Gasteiger partial charge in [-0.25, -0.2) is 4.98 Å². The first kappa shape index (κ1) is 12.9. The molecule has 2 aromatic rings. The lowest BCUT2D eigenvalue weighted by molar-refractivity contribution is 0.196. The Hall–Kier alpha value is -1.57. The van der Waals surface area contributed by atoms with Gasteiger partial charge in [0.25, 0.3) is 0 Å². The molecule has 4 heteroatoms. The van der Waals surface area contributed by atoms with E-state index in [9.17, 15) is 5.11 Å². The van der Waals surface area contributed by atoms with Crippen LogP contribution in [0, 0.1) is 11.3 Å². The third-order valence-electron chi connectivity index (χ3n) is 2.79. The second-order valence-corrected chi connectivity index (χ2v) is 5.58. The maximum Gasteiger partial charge on any atom is 0.115 e. The van der Waals surface area contributed by atoms with Crippen LogP contribution >= 0.6 is 11.8 Å². The monoisotopic (exact) mass is 258 g/mol. The van der Waals surface area contributed by atoms with E-state index >= 15 is 0 Å². The van der Waals surface area contributed by atoms with E-state index in [1.165, 1.54) is 11.8 Å². The van der Waals surface area contributed by atoms with E-state index in [-0.39, 0.29) is 5.25 Å². The van der Waals surface area contributed by atoms with E-state index in [4.69, 9.17) is 5.26 Å². The molecule has 1 N–H and O–H groups in total. The highest BCUT2D eigenvalue weighted by Crippen LogP contribution is 2.28. The number of thioether (sulfide) groups is 1. The first-order chi connectivity index (χ1) is 8.61. The van der Waals surface area contributed by atoms with Gasteiger partial charge in [-0.05, 0) is 19.1 Å². The van der Waals surface area contributed by atoms with Crippen molar-refractivity contribution in [2.24, 2.45) is 0 Å². The molecular formula is C14H14N2OS. The van der Waals surface area contributed by atoms with E-state index in [1.54, 1.807) is 6.92 Å². The van der Waals surface area contributed by atoms with Crippen molar-refractivity contribution in [1.29, 1.82) is 5.26 Å². The molecule has 0 spiro atoms. The zero-order chi connectivity index (χ0) is 13.1. The molecule has 1 heterocycles. The van der Waals surface area contributed by atoms with Crippen molar-refractivity contribution in [3.8, 4) is 6.07 Å². The number of fused-ring (bicyclic) bond motifs is 1. The molecule has 0 saturated carbocycles. The minimum Gasteiger partial charge on any atom is -0.392 e. The quantitative estimate of drug-likeness (QED) is 0.860. The van der Waals surface area contributed by atoms with Gasteiger partial charge in [0.15, 0.2) is 0 Å².